The summed E-state index contributed by atoms with van der Waals surface area (Å²) in [5, 5.41) is 3.79. The molecule has 0 aromatic carbocycles. The van der Waals surface area contributed by atoms with Crippen molar-refractivity contribution < 1.29 is 0 Å². The fourth-order valence-corrected chi connectivity index (χ4v) is 3.39. The molecule has 2 aliphatic rings. The molecule has 104 valence electrons. The van der Waals surface area contributed by atoms with E-state index in [9.17, 15) is 0 Å². The summed E-state index contributed by atoms with van der Waals surface area (Å²) in [6, 6.07) is 4.38. The summed E-state index contributed by atoms with van der Waals surface area (Å²) in [7, 11) is 0. The largest absolute Gasteiger partial charge is 0.368 e. The smallest absolute Gasteiger partial charge is 0.0608 e. The van der Waals surface area contributed by atoms with E-state index in [1.54, 1.807) is 0 Å². The highest BCUT2D eigenvalue weighted by molar-refractivity contribution is 5.51. The Morgan fingerprint density at radius 3 is 2.79 bits per heavy atom. The Bertz CT molecular complexity index is 467. The normalized spacial score (nSPS) is 28.3. The van der Waals surface area contributed by atoms with Gasteiger partial charge in [0.25, 0.3) is 0 Å². The maximum absolute atomic E-state index is 4.63. The van der Waals surface area contributed by atoms with E-state index in [2.05, 4.69) is 48.1 Å². The van der Waals surface area contributed by atoms with E-state index < -0.39 is 0 Å². The molecule has 3 nitrogen and oxygen atoms in total. The van der Waals surface area contributed by atoms with E-state index in [1.807, 2.05) is 0 Å². The number of pyridine rings is 1. The van der Waals surface area contributed by atoms with Crippen molar-refractivity contribution in [3.63, 3.8) is 0 Å². The summed E-state index contributed by atoms with van der Waals surface area (Å²) in [4.78, 5) is 7.17. The van der Waals surface area contributed by atoms with E-state index in [-0.39, 0.29) is 5.54 Å². The summed E-state index contributed by atoms with van der Waals surface area (Å²) >= 11 is 0. The molecule has 1 aromatic heterocycles. The Balaban J connectivity index is 1.86. The van der Waals surface area contributed by atoms with Gasteiger partial charge in [-0.1, -0.05) is 0 Å². The molecular weight excluding hydrogens is 234 g/mol. The predicted molar refractivity (Wildman–Crippen MR) is 79.7 cm³/mol. The zero-order chi connectivity index (χ0) is 13.5. The monoisotopic (exact) mass is 259 g/mol. The van der Waals surface area contributed by atoms with Crippen molar-refractivity contribution in [1.82, 2.24) is 10.3 Å². The number of nitrogens with zero attached hydrogens (tertiary/aromatic N) is 2. The minimum Gasteiger partial charge on any atom is -0.368 e. The highest BCUT2D eigenvalue weighted by Gasteiger charge is 2.43. The highest BCUT2D eigenvalue weighted by atomic mass is 15.2. The average molecular weight is 259 g/mol. The van der Waals surface area contributed by atoms with E-state index in [4.69, 9.17) is 0 Å². The Labute approximate surface area is 116 Å². The van der Waals surface area contributed by atoms with Crippen molar-refractivity contribution in [2.45, 2.75) is 45.6 Å². The first kappa shape index (κ1) is 12.9. The lowest BCUT2D eigenvalue weighted by Crippen LogP contribution is -2.51. The molecule has 3 rings (SSSR count). The Morgan fingerprint density at radius 1 is 1.32 bits per heavy atom. The van der Waals surface area contributed by atoms with Crippen molar-refractivity contribution in [2.24, 2.45) is 5.92 Å². The lowest BCUT2D eigenvalue weighted by atomic mass is 9.95. The van der Waals surface area contributed by atoms with Crippen LogP contribution in [0.2, 0.25) is 0 Å². The van der Waals surface area contributed by atoms with Crippen molar-refractivity contribution in [1.29, 1.82) is 0 Å². The first-order chi connectivity index (χ1) is 9.08. The van der Waals surface area contributed by atoms with Crippen LogP contribution < -0.4 is 10.2 Å². The van der Waals surface area contributed by atoms with Crippen LogP contribution in [-0.2, 0) is 0 Å². The molecule has 1 aliphatic heterocycles. The number of nitrogens with one attached hydrogen (secondary N) is 1. The SMILES string of the molecule is Cc1ccc(N2CCCNC(C)(C3CC3)C2)c(C)n1. The summed E-state index contributed by atoms with van der Waals surface area (Å²) in [5.74, 6) is 0.867. The molecule has 1 aliphatic carbocycles. The summed E-state index contributed by atoms with van der Waals surface area (Å²) in [6.45, 7) is 10.00. The zero-order valence-electron chi connectivity index (χ0n) is 12.4. The van der Waals surface area contributed by atoms with Gasteiger partial charge >= 0.3 is 0 Å². The fourth-order valence-electron chi connectivity index (χ4n) is 3.39. The number of hydrogen-bond acceptors (Lipinski definition) is 3. The second kappa shape index (κ2) is 4.78. The zero-order valence-corrected chi connectivity index (χ0v) is 12.4. The third-order valence-electron chi connectivity index (χ3n) is 4.67. The quantitative estimate of drug-likeness (QED) is 0.885. The third-order valence-corrected chi connectivity index (χ3v) is 4.67. The molecule has 19 heavy (non-hydrogen) atoms. The van der Waals surface area contributed by atoms with Crippen molar-refractivity contribution >= 4 is 5.69 Å². The van der Waals surface area contributed by atoms with E-state index in [0.29, 0.717) is 0 Å². The highest BCUT2D eigenvalue weighted by Crippen LogP contribution is 2.41. The van der Waals surface area contributed by atoms with Gasteiger partial charge in [0.2, 0.25) is 0 Å². The molecule has 1 atom stereocenters. The molecule has 2 fully saturated rings. The number of hydrogen-bond donors (Lipinski definition) is 1. The lowest BCUT2D eigenvalue weighted by molar-refractivity contribution is 0.331. The van der Waals surface area contributed by atoms with Gasteiger partial charge in [-0.25, -0.2) is 0 Å². The van der Waals surface area contributed by atoms with Crippen LogP contribution in [0.5, 0.6) is 0 Å². The first-order valence-corrected chi connectivity index (χ1v) is 7.53. The van der Waals surface area contributed by atoms with Crippen LogP contribution in [0.15, 0.2) is 12.1 Å². The molecule has 0 bridgehead atoms. The van der Waals surface area contributed by atoms with Gasteiger partial charge in [0.15, 0.2) is 0 Å². The number of rotatable bonds is 2. The maximum atomic E-state index is 4.63. The van der Waals surface area contributed by atoms with Crippen LogP contribution in [-0.4, -0.2) is 30.2 Å². The average Bonchev–Trinajstić information content (AvgIpc) is 3.16. The Kier molecular flexibility index (Phi) is 3.25. The predicted octanol–water partition coefficient (Wildman–Crippen LogP) is 2.67. The van der Waals surface area contributed by atoms with Crippen LogP contribution >= 0.6 is 0 Å². The molecule has 0 radical (unpaired) electrons. The molecule has 0 spiro atoms. The first-order valence-electron chi connectivity index (χ1n) is 7.53. The van der Waals surface area contributed by atoms with Gasteiger partial charge in [-0.2, -0.15) is 0 Å². The van der Waals surface area contributed by atoms with Gasteiger partial charge < -0.3 is 10.2 Å². The van der Waals surface area contributed by atoms with Crippen molar-refractivity contribution in [3.05, 3.63) is 23.5 Å². The van der Waals surface area contributed by atoms with Crippen LogP contribution in [0.25, 0.3) is 0 Å². The van der Waals surface area contributed by atoms with Gasteiger partial charge in [-0.3, -0.25) is 4.98 Å². The molecule has 0 amide bonds. The molecule has 3 heteroatoms. The minimum absolute atomic E-state index is 0.286. The Morgan fingerprint density at radius 2 is 2.11 bits per heavy atom. The van der Waals surface area contributed by atoms with Gasteiger partial charge in [-0.05, 0) is 64.6 Å². The van der Waals surface area contributed by atoms with Crippen molar-refractivity contribution in [3.8, 4) is 0 Å². The van der Waals surface area contributed by atoms with Crippen LogP contribution in [0.1, 0.15) is 37.6 Å². The minimum atomic E-state index is 0.286. The fraction of sp³-hybridized carbons (Fsp3) is 0.688. The van der Waals surface area contributed by atoms with Gasteiger partial charge in [0.05, 0.1) is 11.4 Å². The van der Waals surface area contributed by atoms with E-state index in [0.717, 1.165) is 31.2 Å². The standard InChI is InChI=1S/C16H25N3/c1-12-5-8-15(13(2)18-12)19-10-4-9-17-16(3,11-19)14-6-7-14/h5,8,14,17H,4,6-7,9-11H2,1-3H3. The molecule has 1 saturated heterocycles. The van der Waals surface area contributed by atoms with Crippen LogP contribution in [0.4, 0.5) is 5.69 Å². The third kappa shape index (κ3) is 2.62. The second-order valence-corrected chi connectivity index (χ2v) is 6.45. The maximum Gasteiger partial charge on any atom is 0.0608 e. The summed E-state index contributed by atoms with van der Waals surface area (Å²) < 4.78 is 0. The van der Waals surface area contributed by atoms with E-state index in [1.165, 1.54) is 30.6 Å². The molecule has 1 aromatic rings. The van der Waals surface area contributed by atoms with Gasteiger partial charge in [0.1, 0.15) is 0 Å². The number of aromatic nitrogens is 1. The number of aryl methyl sites for hydroxylation is 2. The van der Waals surface area contributed by atoms with Gasteiger partial charge in [0, 0.05) is 24.3 Å². The molecule has 2 heterocycles. The molecular formula is C16H25N3. The Hall–Kier alpha value is -1.09. The summed E-state index contributed by atoms with van der Waals surface area (Å²) in [6.07, 6.45) is 4.00. The topological polar surface area (TPSA) is 28.2 Å². The molecule has 1 saturated carbocycles. The van der Waals surface area contributed by atoms with Gasteiger partial charge in [-0.15, -0.1) is 0 Å². The summed E-state index contributed by atoms with van der Waals surface area (Å²) in [5.41, 5.74) is 3.88. The van der Waals surface area contributed by atoms with Crippen LogP contribution in [0, 0.1) is 19.8 Å². The van der Waals surface area contributed by atoms with Crippen LogP contribution in [0.3, 0.4) is 0 Å². The molecule has 1 N–H and O–H groups in total. The number of anilines is 1. The molecule has 1 unspecified atom stereocenters. The van der Waals surface area contributed by atoms with Crippen molar-refractivity contribution in [2.75, 3.05) is 24.5 Å². The lowest BCUT2D eigenvalue weighted by Gasteiger charge is -2.35. The van der Waals surface area contributed by atoms with E-state index >= 15 is 0 Å². The second-order valence-electron chi connectivity index (χ2n) is 6.45.